The largest absolute Gasteiger partial charge is 0.527 e. The molecule has 0 aromatic heterocycles. The standard InChI is InChI=1S/C6H11O9P/c7-2-5(10)3(8)1-4(9)6(11)15-16(12,13)14/h3,5,7-8,10H,1-2H2,(H2,12,13,14)/t3-,5+/m0/s1. The van der Waals surface area contributed by atoms with Gasteiger partial charge in [0, 0.05) is 6.42 Å². The zero-order valence-corrected chi connectivity index (χ0v) is 8.78. The predicted molar refractivity (Wildman–Crippen MR) is 46.9 cm³/mol. The summed E-state index contributed by atoms with van der Waals surface area (Å²) in [6.45, 7) is -0.831. The molecule has 0 amide bonds. The average molecular weight is 258 g/mol. The Labute approximate surface area is 89.5 Å². The lowest BCUT2D eigenvalue weighted by molar-refractivity contribution is -0.150. The SMILES string of the molecule is O=C(C[C@H](O)[C@H](O)CO)C(=O)OP(=O)(O)O. The van der Waals surface area contributed by atoms with E-state index >= 15 is 0 Å². The summed E-state index contributed by atoms with van der Waals surface area (Å²) < 4.78 is 13.6. The Hall–Kier alpha value is -0.830. The molecular formula is C6H11O9P. The van der Waals surface area contributed by atoms with Gasteiger partial charge in [0.25, 0.3) is 0 Å². The third-order valence-corrected chi connectivity index (χ3v) is 1.86. The summed E-state index contributed by atoms with van der Waals surface area (Å²) in [7, 11) is -5.11. The molecule has 0 aromatic rings. The van der Waals surface area contributed by atoms with Crippen molar-refractivity contribution in [3.8, 4) is 0 Å². The lowest BCUT2D eigenvalue weighted by Gasteiger charge is -2.13. The Kier molecular flexibility index (Phi) is 5.73. The summed E-state index contributed by atoms with van der Waals surface area (Å²) >= 11 is 0. The van der Waals surface area contributed by atoms with E-state index in [4.69, 9.17) is 25.1 Å². The molecule has 0 aliphatic carbocycles. The van der Waals surface area contributed by atoms with Gasteiger partial charge in [0.15, 0.2) is 0 Å². The summed E-state index contributed by atoms with van der Waals surface area (Å²) in [5, 5.41) is 26.2. The van der Waals surface area contributed by atoms with Crippen LogP contribution in [0.15, 0.2) is 0 Å². The van der Waals surface area contributed by atoms with Crippen LogP contribution in [-0.4, -0.2) is 55.7 Å². The fraction of sp³-hybridized carbons (Fsp3) is 0.667. The fourth-order valence-corrected chi connectivity index (χ4v) is 1.01. The van der Waals surface area contributed by atoms with Crippen molar-refractivity contribution in [3.63, 3.8) is 0 Å². The molecule has 16 heavy (non-hydrogen) atoms. The molecule has 0 aromatic carbocycles. The van der Waals surface area contributed by atoms with Crippen molar-refractivity contribution in [3.05, 3.63) is 0 Å². The van der Waals surface area contributed by atoms with Gasteiger partial charge >= 0.3 is 13.8 Å². The minimum Gasteiger partial charge on any atom is -0.394 e. The van der Waals surface area contributed by atoms with Crippen LogP contribution in [0.25, 0.3) is 0 Å². The first-order valence-corrected chi connectivity index (χ1v) is 5.49. The monoisotopic (exact) mass is 258 g/mol. The Bertz CT molecular complexity index is 307. The van der Waals surface area contributed by atoms with Gasteiger partial charge in [-0.2, -0.15) is 0 Å². The summed E-state index contributed by atoms with van der Waals surface area (Å²) in [4.78, 5) is 37.9. The summed E-state index contributed by atoms with van der Waals surface area (Å²) in [5.74, 6) is -3.25. The van der Waals surface area contributed by atoms with Crippen molar-refractivity contribution < 1.29 is 43.8 Å². The smallest absolute Gasteiger partial charge is 0.394 e. The van der Waals surface area contributed by atoms with E-state index in [1.807, 2.05) is 0 Å². The first-order valence-electron chi connectivity index (χ1n) is 3.96. The van der Waals surface area contributed by atoms with Gasteiger partial charge in [0.05, 0.1) is 12.7 Å². The number of carbonyl (C=O) groups excluding carboxylic acids is 2. The van der Waals surface area contributed by atoms with E-state index in [1.54, 1.807) is 0 Å². The number of aliphatic hydroxyl groups excluding tert-OH is 3. The number of phosphoric acid groups is 1. The van der Waals surface area contributed by atoms with Crippen LogP contribution in [0.3, 0.4) is 0 Å². The molecule has 0 rings (SSSR count). The highest BCUT2D eigenvalue weighted by Crippen LogP contribution is 2.35. The van der Waals surface area contributed by atoms with Crippen LogP contribution in [0.4, 0.5) is 0 Å². The van der Waals surface area contributed by atoms with Crippen molar-refractivity contribution >= 4 is 19.6 Å². The van der Waals surface area contributed by atoms with Crippen LogP contribution in [0.2, 0.25) is 0 Å². The lowest BCUT2D eigenvalue weighted by atomic mass is 10.1. The van der Waals surface area contributed by atoms with Crippen LogP contribution in [0.5, 0.6) is 0 Å². The molecular weight excluding hydrogens is 247 g/mol. The van der Waals surface area contributed by atoms with Crippen molar-refractivity contribution in [2.24, 2.45) is 0 Å². The van der Waals surface area contributed by atoms with Crippen molar-refractivity contribution in [1.82, 2.24) is 0 Å². The maximum absolute atomic E-state index is 10.9. The number of Topliss-reactive ketones (excluding diaryl/α,β-unsaturated/α-hetero) is 1. The number of hydrogen-bond acceptors (Lipinski definition) is 7. The van der Waals surface area contributed by atoms with E-state index in [0.29, 0.717) is 0 Å². The molecule has 0 fully saturated rings. The van der Waals surface area contributed by atoms with Gasteiger partial charge in [0.1, 0.15) is 6.10 Å². The maximum atomic E-state index is 10.9. The van der Waals surface area contributed by atoms with Crippen molar-refractivity contribution in [2.45, 2.75) is 18.6 Å². The van der Waals surface area contributed by atoms with Crippen LogP contribution in [-0.2, 0) is 18.7 Å². The number of aliphatic hydroxyl groups is 3. The molecule has 0 saturated heterocycles. The van der Waals surface area contributed by atoms with E-state index < -0.39 is 44.8 Å². The number of phosphoric ester groups is 1. The third-order valence-electron chi connectivity index (χ3n) is 1.46. The van der Waals surface area contributed by atoms with E-state index in [9.17, 15) is 14.2 Å². The second kappa shape index (κ2) is 6.04. The Morgan fingerprint density at radius 1 is 1.19 bits per heavy atom. The molecule has 9 nitrogen and oxygen atoms in total. The van der Waals surface area contributed by atoms with E-state index in [2.05, 4.69) is 4.52 Å². The molecule has 0 unspecified atom stereocenters. The lowest BCUT2D eigenvalue weighted by Crippen LogP contribution is -2.33. The zero-order chi connectivity index (χ0) is 12.9. The first kappa shape index (κ1) is 15.2. The van der Waals surface area contributed by atoms with E-state index in [0.717, 1.165) is 0 Å². The van der Waals surface area contributed by atoms with Gasteiger partial charge < -0.3 is 19.8 Å². The molecule has 0 bridgehead atoms. The summed E-state index contributed by atoms with van der Waals surface area (Å²) in [5.41, 5.74) is 0. The fourth-order valence-electron chi connectivity index (χ4n) is 0.690. The number of rotatable bonds is 6. The molecule has 0 radical (unpaired) electrons. The molecule has 0 saturated carbocycles. The van der Waals surface area contributed by atoms with Gasteiger partial charge in [0.2, 0.25) is 5.78 Å². The van der Waals surface area contributed by atoms with Gasteiger partial charge in [-0.15, -0.1) is 0 Å². The van der Waals surface area contributed by atoms with Crippen molar-refractivity contribution in [2.75, 3.05) is 6.61 Å². The zero-order valence-electron chi connectivity index (χ0n) is 7.89. The molecule has 5 N–H and O–H groups in total. The number of ketones is 1. The van der Waals surface area contributed by atoms with E-state index in [1.165, 1.54) is 0 Å². The molecule has 94 valence electrons. The highest BCUT2D eigenvalue weighted by Gasteiger charge is 2.29. The molecule has 0 spiro atoms. The summed E-state index contributed by atoms with van der Waals surface area (Å²) in [6, 6.07) is 0. The minimum absolute atomic E-state index is 0.831. The summed E-state index contributed by atoms with van der Waals surface area (Å²) in [6.07, 6.45) is -4.27. The maximum Gasteiger partial charge on any atom is 0.527 e. The van der Waals surface area contributed by atoms with E-state index in [-0.39, 0.29) is 0 Å². The van der Waals surface area contributed by atoms with Crippen LogP contribution in [0, 0.1) is 0 Å². The third kappa shape index (κ3) is 5.91. The number of carbonyl (C=O) groups is 2. The molecule has 0 aliphatic heterocycles. The second-order valence-electron chi connectivity index (χ2n) is 2.81. The Morgan fingerprint density at radius 2 is 1.69 bits per heavy atom. The Morgan fingerprint density at radius 3 is 2.06 bits per heavy atom. The first-order chi connectivity index (χ1) is 7.17. The van der Waals surface area contributed by atoms with Crippen LogP contribution in [0.1, 0.15) is 6.42 Å². The highest BCUT2D eigenvalue weighted by molar-refractivity contribution is 7.47. The molecule has 0 aliphatic rings. The van der Waals surface area contributed by atoms with Gasteiger partial charge in [-0.25, -0.2) is 9.36 Å². The molecule has 2 atom stereocenters. The van der Waals surface area contributed by atoms with Gasteiger partial charge in [-0.1, -0.05) is 0 Å². The van der Waals surface area contributed by atoms with Gasteiger partial charge in [-0.05, 0) is 0 Å². The molecule has 0 heterocycles. The highest BCUT2D eigenvalue weighted by atomic mass is 31.2. The second-order valence-corrected chi connectivity index (χ2v) is 3.98. The Balaban J connectivity index is 4.27. The normalized spacial score (nSPS) is 15.3. The quantitative estimate of drug-likeness (QED) is 0.252. The molecule has 10 heteroatoms. The van der Waals surface area contributed by atoms with Crippen LogP contribution >= 0.6 is 7.82 Å². The predicted octanol–water partition coefficient (Wildman–Crippen LogP) is -2.70. The minimum atomic E-state index is -5.11. The topological polar surface area (TPSA) is 162 Å². The van der Waals surface area contributed by atoms with Crippen LogP contribution < -0.4 is 0 Å². The average Bonchev–Trinajstić information content (AvgIpc) is 2.13. The van der Waals surface area contributed by atoms with Crippen molar-refractivity contribution in [1.29, 1.82) is 0 Å². The van der Waals surface area contributed by atoms with Gasteiger partial charge in [-0.3, -0.25) is 14.6 Å². The number of hydrogen-bond donors (Lipinski definition) is 5.